The fourth-order valence-electron chi connectivity index (χ4n) is 1.62. The molecule has 0 amide bonds. The number of hydrogen-bond donors (Lipinski definition) is 1. The van der Waals surface area contributed by atoms with Gasteiger partial charge in [0.2, 0.25) is 0 Å². The SMILES string of the molecule is CCOC(=O)c1sc(=O)[nH]c1-c1ccc([N+](=O)[O-])cc1. The van der Waals surface area contributed by atoms with Gasteiger partial charge in [0.15, 0.2) is 0 Å². The number of carbonyl (C=O) groups excluding carboxylic acids is 1. The van der Waals surface area contributed by atoms with Gasteiger partial charge >= 0.3 is 10.8 Å². The van der Waals surface area contributed by atoms with Gasteiger partial charge in [-0.3, -0.25) is 14.9 Å². The van der Waals surface area contributed by atoms with Crippen molar-refractivity contribution in [2.75, 3.05) is 6.61 Å². The molecule has 7 nitrogen and oxygen atoms in total. The molecule has 2 rings (SSSR count). The van der Waals surface area contributed by atoms with Crippen LogP contribution in [0.2, 0.25) is 0 Å². The summed E-state index contributed by atoms with van der Waals surface area (Å²) in [5.41, 5.74) is 0.759. The average Bonchev–Trinajstić information content (AvgIpc) is 2.81. The van der Waals surface area contributed by atoms with Gasteiger partial charge in [0, 0.05) is 17.7 Å². The number of nitro groups is 1. The van der Waals surface area contributed by atoms with Crippen molar-refractivity contribution in [2.45, 2.75) is 6.92 Å². The van der Waals surface area contributed by atoms with E-state index in [1.54, 1.807) is 6.92 Å². The van der Waals surface area contributed by atoms with E-state index in [0.29, 0.717) is 11.3 Å². The Morgan fingerprint density at radius 1 is 1.40 bits per heavy atom. The summed E-state index contributed by atoms with van der Waals surface area (Å²) in [5.74, 6) is -0.593. The molecule has 104 valence electrons. The first kappa shape index (κ1) is 13.9. The molecule has 8 heteroatoms. The molecule has 0 radical (unpaired) electrons. The van der Waals surface area contributed by atoms with Crippen LogP contribution in [-0.2, 0) is 4.74 Å². The minimum atomic E-state index is -0.593. The Balaban J connectivity index is 2.44. The van der Waals surface area contributed by atoms with E-state index in [2.05, 4.69) is 4.98 Å². The topological polar surface area (TPSA) is 102 Å². The third-order valence-electron chi connectivity index (χ3n) is 2.48. The molecule has 0 atom stereocenters. The lowest BCUT2D eigenvalue weighted by Gasteiger charge is -2.02. The Hall–Kier alpha value is -2.48. The summed E-state index contributed by atoms with van der Waals surface area (Å²) in [7, 11) is 0. The number of H-pyrrole nitrogens is 1. The van der Waals surface area contributed by atoms with Crippen molar-refractivity contribution < 1.29 is 14.5 Å². The summed E-state index contributed by atoms with van der Waals surface area (Å²) in [4.78, 5) is 35.5. The molecule has 0 aliphatic rings. The largest absolute Gasteiger partial charge is 0.462 e. The smallest absolute Gasteiger partial charge is 0.350 e. The molecule has 0 unspecified atom stereocenters. The minimum absolute atomic E-state index is 0.0657. The highest BCUT2D eigenvalue weighted by molar-refractivity contribution is 7.11. The average molecular weight is 294 g/mol. The third kappa shape index (κ3) is 2.75. The van der Waals surface area contributed by atoms with Crippen molar-refractivity contribution in [2.24, 2.45) is 0 Å². The van der Waals surface area contributed by atoms with E-state index in [1.165, 1.54) is 24.3 Å². The molecular weight excluding hydrogens is 284 g/mol. The van der Waals surface area contributed by atoms with E-state index in [0.717, 1.165) is 11.3 Å². The fourth-order valence-corrected chi connectivity index (χ4v) is 2.37. The van der Waals surface area contributed by atoms with Gasteiger partial charge in [-0.25, -0.2) is 4.79 Å². The fraction of sp³-hybridized carbons (Fsp3) is 0.167. The number of benzene rings is 1. The Bertz CT molecular complexity index is 701. The van der Waals surface area contributed by atoms with E-state index < -0.39 is 10.9 Å². The van der Waals surface area contributed by atoms with Crippen LogP contribution in [0.1, 0.15) is 16.6 Å². The number of nitrogens with one attached hydrogen (secondary N) is 1. The molecule has 1 N–H and O–H groups in total. The minimum Gasteiger partial charge on any atom is -0.462 e. The molecular formula is C12H10N2O5S. The van der Waals surface area contributed by atoms with Gasteiger partial charge in [-0.1, -0.05) is 11.3 Å². The number of carbonyl (C=O) groups is 1. The maximum Gasteiger partial charge on any atom is 0.350 e. The van der Waals surface area contributed by atoms with Gasteiger partial charge in [-0.05, 0) is 19.1 Å². The lowest BCUT2D eigenvalue weighted by molar-refractivity contribution is -0.384. The number of rotatable bonds is 4. The second-order valence-corrected chi connectivity index (χ2v) is 4.73. The quantitative estimate of drug-likeness (QED) is 0.529. The number of nitro benzene ring substituents is 1. The second kappa shape index (κ2) is 5.66. The molecule has 0 saturated heterocycles. The first-order valence-corrected chi connectivity index (χ1v) is 6.49. The number of aromatic nitrogens is 1. The third-order valence-corrected chi connectivity index (χ3v) is 3.34. The van der Waals surface area contributed by atoms with Crippen LogP contribution in [0, 0.1) is 10.1 Å². The maximum absolute atomic E-state index is 11.7. The van der Waals surface area contributed by atoms with Crippen LogP contribution < -0.4 is 4.87 Å². The molecule has 20 heavy (non-hydrogen) atoms. The van der Waals surface area contributed by atoms with Gasteiger partial charge in [0.25, 0.3) is 5.69 Å². The second-order valence-electron chi connectivity index (χ2n) is 3.74. The van der Waals surface area contributed by atoms with Gasteiger partial charge in [-0.2, -0.15) is 0 Å². The maximum atomic E-state index is 11.7. The van der Waals surface area contributed by atoms with Crippen LogP contribution in [0.5, 0.6) is 0 Å². The molecule has 0 spiro atoms. The van der Waals surface area contributed by atoms with Crippen molar-refractivity contribution in [1.82, 2.24) is 4.98 Å². The zero-order chi connectivity index (χ0) is 14.7. The van der Waals surface area contributed by atoms with E-state index in [4.69, 9.17) is 4.74 Å². The zero-order valence-electron chi connectivity index (χ0n) is 10.4. The molecule has 0 bridgehead atoms. The normalized spacial score (nSPS) is 10.2. The van der Waals surface area contributed by atoms with Crippen molar-refractivity contribution in [3.8, 4) is 11.3 Å². The summed E-state index contributed by atoms with van der Waals surface area (Å²) < 4.78 is 4.87. The number of esters is 1. The summed E-state index contributed by atoms with van der Waals surface area (Å²) >= 11 is 0.748. The lowest BCUT2D eigenvalue weighted by Crippen LogP contribution is -2.04. The molecule has 1 aromatic carbocycles. The van der Waals surface area contributed by atoms with Crippen LogP contribution in [-0.4, -0.2) is 22.5 Å². The van der Waals surface area contributed by atoms with Gasteiger partial charge in [0.1, 0.15) is 4.88 Å². The van der Waals surface area contributed by atoms with Crippen molar-refractivity contribution in [3.05, 3.63) is 48.9 Å². The predicted octanol–water partition coefficient (Wildman–Crippen LogP) is 2.19. The highest BCUT2D eigenvalue weighted by Gasteiger charge is 2.19. The van der Waals surface area contributed by atoms with Crippen LogP contribution in [0.15, 0.2) is 29.1 Å². The van der Waals surface area contributed by atoms with E-state index in [1.807, 2.05) is 0 Å². The number of ether oxygens (including phenoxy) is 1. The van der Waals surface area contributed by atoms with Crippen LogP contribution in [0.3, 0.4) is 0 Å². The molecule has 2 aromatic rings. The van der Waals surface area contributed by atoms with E-state index in [9.17, 15) is 19.7 Å². The lowest BCUT2D eigenvalue weighted by atomic mass is 10.1. The highest BCUT2D eigenvalue weighted by Crippen LogP contribution is 2.25. The molecule has 0 fully saturated rings. The standard InChI is InChI=1S/C12H10N2O5S/c1-2-19-11(15)10-9(13-12(16)20-10)7-3-5-8(6-4-7)14(17)18/h3-6H,2H2,1H3,(H,13,16). The van der Waals surface area contributed by atoms with Crippen LogP contribution >= 0.6 is 11.3 Å². The van der Waals surface area contributed by atoms with E-state index >= 15 is 0 Å². The highest BCUT2D eigenvalue weighted by atomic mass is 32.1. The number of hydrogen-bond acceptors (Lipinski definition) is 6. The molecule has 0 aliphatic heterocycles. The molecule has 1 aromatic heterocycles. The molecule has 1 heterocycles. The summed E-state index contributed by atoms with van der Waals surface area (Å²) in [5, 5.41) is 10.6. The molecule has 0 saturated carbocycles. The van der Waals surface area contributed by atoms with Crippen LogP contribution in [0.4, 0.5) is 5.69 Å². The van der Waals surface area contributed by atoms with Crippen molar-refractivity contribution >= 4 is 23.0 Å². The Kier molecular flexibility index (Phi) is 3.94. The zero-order valence-corrected chi connectivity index (χ0v) is 11.2. The number of aromatic amines is 1. The number of nitrogens with zero attached hydrogens (tertiary/aromatic N) is 1. The Morgan fingerprint density at radius 2 is 2.05 bits per heavy atom. The number of thiazole rings is 1. The molecule has 0 aliphatic carbocycles. The Morgan fingerprint density at radius 3 is 2.60 bits per heavy atom. The van der Waals surface area contributed by atoms with Crippen molar-refractivity contribution in [3.63, 3.8) is 0 Å². The number of non-ortho nitro benzene ring substituents is 1. The van der Waals surface area contributed by atoms with E-state index in [-0.39, 0.29) is 22.0 Å². The summed E-state index contributed by atoms with van der Waals surface area (Å²) in [6, 6.07) is 5.55. The van der Waals surface area contributed by atoms with Gasteiger partial charge in [0.05, 0.1) is 17.2 Å². The monoisotopic (exact) mass is 294 g/mol. The Labute approximate surface area is 117 Å². The first-order chi connectivity index (χ1) is 9.52. The van der Waals surface area contributed by atoms with Gasteiger partial charge < -0.3 is 9.72 Å². The summed E-state index contributed by atoms with van der Waals surface area (Å²) in [6.07, 6.45) is 0. The summed E-state index contributed by atoms with van der Waals surface area (Å²) in [6.45, 7) is 1.86. The van der Waals surface area contributed by atoms with Crippen LogP contribution in [0.25, 0.3) is 11.3 Å². The predicted molar refractivity (Wildman–Crippen MR) is 73.0 cm³/mol. The van der Waals surface area contributed by atoms with Gasteiger partial charge in [-0.15, -0.1) is 0 Å². The first-order valence-electron chi connectivity index (χ1n) is 5.68. The van der Waals surface area contributed by atoms with Crippen molar-refractivity contribution in [1.29, 1.82) is 0 Å².